The van der Waals surface area contributed by atoms with Crippen molar-refractivity contribution in [3.05, 3.63) is 85.1 Å². The van der Waals surface area contributed by atoms with Crippen LogP contribution in [-0.2, 0) is 4.79 Å². The number of amides is 1. The Morgan fingerprint density at radius 1 is 0.403 bits per heavy atom. The summed E-state index contributed by atoms with van der Waals surface area (Å²) < 4.78 is 0. The Bertz CT molecular complexity index is 1110. The summed E-state index contributed by atoms with van der Waals surface area (Å²) in [5.41, 5.74) is 0. The van der Waals surface area contributed by atoms with Gasteiger partial charge >= 0.3 is 0 Å². The SMILES string of the molecule is CC/C=C\C/C=C\C/C=C\C/C=C\C/C=C\C/C=C\CCCCCCCCC(=O)NC(CO)C(O)/C=C/CCCCCCCCCCCCCCCCCCCCCCCCC. The molecule has 0 spiro atoms. The number of carbonyl (C=O) groups is 1. The van der Waals surface area contributed by atoms with Crippen LogP contribution >= 0.6 is 0 Å². The maximum absolute atomic E-state index is 12.5. The normalized spacial score (nSPS) is 13.5. The topological polar surface area (TPSA) is 69.6 Å². The fourth-order valence-electron chi connectivity index (χ4n) is 7.83. The Morgan fingerprint density at radius 2 is 0.710 bits per heavy atom. The largest absolute Gasteiger partial charge is 0.394 e. The van der Waals surface area contributed by atoms with Crippen molar-refractivity contribution in [3.8, 4) is 0 Å². The van der Waals surface area contributed by atoms with E-state index in [-0.39, 0.29) is 12.5 Å². The summed E-state index contributed by atoms with van der Waals surface area (Å²) in [4.78, 5) is 12.5. The molecule has 0 radical (unpaired) electrons. The van der Waals surface area contributed by atoms with Crippen LogP contribution in [0.15, 0.2) is 85.1 Å². The number of rotatable bonds is 48. The van der Waals surface area contributed by atoms with Gasteiger partial charge < -0.3 is 15.5 Å². The number of hydrogen-bond acceptors (Lipinski definition) is 3. The molecular weight excluding hydrogens is 759 g/mol. The Morgan fingerprint density at radius 3 is 1.06 bits per heavy atom. The molecule has 0 rings (SSSR count). The van der Waals surface area contributed by atoms with Crippen LogP contribution in [0, 0.1) is 0 Å². The first-order valence-electron chi connectivity index (χ1n) is 26.8. The minimum Gasteiger partial charge on any atom is -0.394 e. The Hall–Kier alpha value is -2.43. The summed E-state index contributed by atoms with van der Waals surface area (Å²) in [5.74, 6) is -0.0797. The summed E-state index contributed by atoms with van der Waals surface area (Å²) in [7, 11) is 0. The number of aliphatic hydroxyl groups excluding tert-OH is 2. The third kappa shape index (κ3) is 48.6. The molecule has 2 unspecified atom stereocenters. The van der Waals surface area contributed by atoms with E-state index in [0.29, 0.717) is 6.42 Å². The molecule has 358 valence electrons. The van der Waals surface area contributed by atoms with Gasteiger partial charge in [0.25, 0.3) is 0 Å². The standard InChI is InChI=1S/C58H103NO3/c1-3-5-7-9-11-13-15-17-19-21-23-25-27-29-31-33-35-37-39-41-43-45-47-49-51-53-57(61)56(55-60)59-58(62)54-52-50-48-46-44-42-40-38-36-34-32-30-28-26-24-22-20-18-16-14-12-10-8-6-4-2/h6,8,12,14,18,20,24,26,30,32,36,38,51,53,56-57,60-61H,3-5,7,9-11,13,15-17,19,21-23,25,27-29,31,33-35,37,39-50,52,54-55H2,1-2H3,(H,59,62)/b8-6-,14-12-,20-18-,26-24-,32-30-,38-36-,53-51+. The zero-order valence-corrected chi connectivity index (χ0v) is 41.1. The van der Waals surface area contributed by atoms with Gasteiger partial charge in [-0.05, 0) is 70.6 Å². The van der Waals surface area contributed by atoms with E-state index in [9.17, 15) is 15.0 Å². The highest BCUT2D eigenvalue weighted by molar-refractivity contribution is 5.76. The minimum absolute atomic E-state index is 0.0797. The van der Waals surface area contributed by atoms with Crippen molar-refractivity contribution >= 4 is 5.91 Å². The maximum Gasteiger partial charge on any atom is 0.220 e. The Balaban J connectivity index is 3.59. The predicted molar refractivity (Wildman–Crippen MR) is 276 cm³/mol. The molecule has 4 heteroatoms. The molecule has 0 aliphatic carbocycles. The van der Waals surface area contributed by atoms with Crippen LogP contribution in [0.1, 0.15) is 258 Å². The lowest BCUT2D eigenvalue weighted by atomic mass is 10.0. The summed E-state index contributed by atoms with van der Waals surface area (Å²) in [6.07, 6.45) is 77.2. The molecule has 0 bridgehead atoms. The number of nitrogens with one attached hydrogen (secondary N) is 1. The highest BCUT2D eigenvalue weighted by Crippen LogP contribution is 2.16. The molecule has 62 heavy (non-hydrogen) atoms. The fourth-order valence-corrected chi connectivity index (χ4v) is 7.83. The highest BCUT2D eigenvalue weighted by atomic mass is 16.3. The lowest BCUT2D eigenvalue weighted by Gasteiger charge is -2.20. The van der Waals surface area contributed by atoms with Crippen LogP contribution in [0.5, 0.6) is 0 Å². The number of aliphatic hydroxyl groups is 2. The van der Waals surface area contributed by atoms with E-state index in [1.807, 2.05) is 6.08 Å². The molecule has 0 aromatic rings. The monoisotopic (exact) mass is 862 g/mol. The first-order valence-corrected chi connectivity index (χ1v) is 26.8. The molecule has 0 heterocycles. The molecule has 0 aliphatic heterocycles. The first-order chi connectivity index (χ1) is 30.7. The van der Waals surface area contributed by atoms with E-state index in [1.54, 1.807) is 6.08 Å². The second-order valence-corrected chi connectivity index (χ2v) is 17.9. The molecule has 3 N–H and O–H groups in total. The van der Waals surface area contributed by atoms with Gasteiger partial charge in [0, 0.05) is 6.42 Å². The van der Waals surface area contributed by atoms with E-state index in [2.05, 4.69) is 92.1 Å². The van der Waals surface area contributed by atoms with Gasteiger partial charge in [-0.3, -0.25) is 4.79 Å². The van der Waals surface area contributed by atoms with Gasteiger partial charge in [0.15, 0.2) is 0 Å². The second kappa shape index (κ2) is 52.9. The predicted octanol–water partition coefficient (Wildman–Crippen LogP) is 17.6. The van der Waals surface area contributed by atoms with Crippen molar-refractivity contribution in [2.24, 2.45) is 0 Å². The molecule has 2 atom stereocenters. The van der Waals surface area contributed by atoms with Gasteiger partial charge in [0.1, 0.15) is 0 Å². The average Bonchev–Trinajstić information content (AvgIpc) is 3.28. The molecule has 1 amide bonds. The maximum atomic E-state index is 12.5. The zero-order chi connectivity index (χ0) is 44.9. The number of allylic oxidation sites excluding steroid dienone is 13. The summed E-state index contributed by atoms with van der Waals surface area (Å²) in [5, 5.41) is 23.2. The van der Waals surface area contributed by atoms with Crippen molar-refractivity contribution in [2.75, 3.05) is 6.61 Å². The van der Waals surface area contributed by atoms with Crippen LogP contribution in [-0.4, -0.2) is 34.9 Å². The third-order valence-corrected chi connectivity index (χ3v) is 11.9. The summed E-state index contributed by atoms with van der Waals surface area (Å²) in [6, 6.07) is -0.637. The third-order valence-electron chi connectivity index (χ3n) is 11.9. The lowest BCUT2D eigenvalue weighted by Crippen LogP contribution is -2.45. The van der Waals surface area contributed by atoms with E-state index < -0.39 is 12.1 Å². The second-order valence-electron chi connectivity index (χ2n) is 17.9. The van der Waals surface area contributed by atoms with E-state index in [0.717, 1.165) is 77.0 Å². The highest BCUT2D eigenvalue weighted by Gasteiger charge is 2.18. The van der Waals surface area contributed by atoms with Crippen molar-refractivity contribution in [1.29, 1.82) is 0 Å². The van der Waals surface area contributed by atoms with E-state index >= 15 is 0 Å². The zero-order valence-electron chi connectivity index (χ0n) is 41.1. The van der Waals surface area contributed by atoms with E-state index in [4.69, 9.17) is 0 Å². The van der Waals surface area contributed by atoms with Crippen molar-refractivity contribution < 1.29 is 15.0 Å². The van der Waals surface area contributed by atoms with Crippen LogP contribution in [0.4, 0.5) is 0 Å². The van der Waals surface area contributed by atoms with Gasteiger partial charge in [-0.25, -0.2) is 0 Å². The van der Waals surface area contributed by atoms with Crippen LogP contribution < -0.4 is 5.32 Å². The summed E-state index contributed by atoms with van der Waals surface area (Å²) in [6.45, 7) is 4.20. The number of carbonyl (C=O) groups excluding carboxylic acids is 1. The quantitative estimate of drug-likeness (QED) is 0.0422. The molecule has 0 aromatic heterocycles. The van der Waals surface area contributed by atoms with Gasteiger partial charge in [0.05, 0.1) is 18.8 Å². The van der Waals surface area contributed by atoms with Crippen LogP contribution in [0.25, 0.3) is 0 Å². The number of hydrogen-bond donors (Lipinski definition) is 3. The van der Waals surface area contributed by atoms with Crippen molar-refractivity contribution in [2.45, 2.75) is 270 Å². The smallest absolute Gasteiger partial charge is 0.220 e. The number of unbranched alkanes of at least 4 members (excludes halogenated alkanes) is 29. The van der Waals surface area contributed by atoms with Crippen molar-refractivity contribution in [1.82, 2.24) is 5.32 Å². The average molecular weight is 862 g/mol. The fraction of sp³-hybridized carbons (Fsp3) is 0.741. The molecule has 0 aromatic carbocycles. The van der Waals surface area contributed by atoms with Crippen LogP contribution in [0.3, 0.4) is 0 Å². The van der Waals surface area contributed by atoms with E-state index in [1.165, 1.54) is 161 Å². The molecule has 0 aliphatic rings. The van der Waals surface area contributed by atoms with Gasteiger partial charge in [-0.15, -0.1) is 0 Å². The molecule has 4 nitrogen and oxygen atoms in total. The Kier molecular flexibility index (Phi) is 50.8. The first kappa shape index (κ1) is 59.6. The molecular formula is C58H103NO3. The lowest BCUT2D eigenvalue weighted by molar-refractivity contribution is -0.123. The van der Waals surface area contributed by atoms with Gasteiger partial charge in [0.2, 0.25) is 5.91 Å². The molecule has 0 saturated carbocycles. The Labute approximate surface area is 386 Å². The van der Waals surface area contributed by atoms with Crippen molar-refractivity contribution in [3.63, 3.8) is 0 Å². The van der Waals surface area contributed by atoms with Crippen LogP contribution in [0.2, 0.25) is 0 Å². The summed E-state index contributed by atoms with van der Waals surface area (Å²) >= 11 is 0. The molecule has 0 saturated heterocycles. The minimum atomic E-state index is -0.852. The molecule has 0 fully saturated rings. The van der Waals surface area contributed by atoms with Gasteiger partial charge in [-0.2, -0.15) is 0 Å². The van der Waals surface area contributed by atoms with Gasteiger partial charge in [-0.1, -0.05) is 266 Å².